The Hall–Kier alpha value is -0.460. The Bertz CT molecular complexity index is 152. The van der Waals surface area contributed by atoms with Gasteiger partial charge in [-0.05, 0) is 43.4 Å². The normalized spacial score (nSPS) is 30.6. The summed E-state index contributed by atoms with van der Waals surface area (Å²) in [5, 5.41) is 0. The second-order valence-corrected chi connectivity index (χ2v) is 4.43. The van der Waals surface area contributed by atoms with Crippen LogP contribution in [0.3, 0.4) is 0 Å². The number of allylic oxidation sites excluding steroid dienone is 1. The molecule has 1 aliphatic rings. The molecular formula is C11H21N. The summed E-state index contributed by atoms with van der Waals surface area (Å²) < 4.78 is 0. The lowest BCUT2D eigenvalue weighted by Crippen LogP contribution is -2.21. The van der Waals surface area contributed by atoms with Crippen molar-refractivity contribution in [1.82, 2.24) is 0 Å². The van der Waals surface area contributed by atoms with Gasteiger partial charge in [0.05, 0.1) is 0 Å². The molecule has 0 spiro atoms. The first-order valence-corrected chi connectivity index (χ1v) is 5.05. The monoisotopic (exact) mass is 167 g/mol. The zero-order valence-electron chi connectivity index (χ0n) is 8.34. The largest absolute Gasteiger partial charge is 0.402 e. The fraction of sp³-hybridized carbons (Fsp3) is 0.818. The Morgan fingerprint density at radius 1 is 1.25 bits per heavy atom. The molecule has 1 rings (SSSR count). The van der Waals surface area contributed by atoms with E-state index in [1.54, 1.807) is 0 Å². The van der Waals surface area contributed by atoms with Gasteiger partial charge in [-0.15, -0.1) is 0 Å². The van der Waals surface area contributed by atoms with Gasteiger partial charge in [0, 0.05) is 5.70 Å². The standard InChI is InChI=1S/C11H21N/c1-8(2)10-4-6-11(7-5-10)9(3)12/h8,10-11H,3-7,12H2,1-2H3. The second kappa shape index (κ2) is 3.97. The summed E-state index contributed by atoms with van der Waals surface area (Å²) in [6, 6.07) is 0. The average molecular weight is 167 g/mol. The van der Waals surface area contributed by atoms with Gasteiger partial charge in [-0.3, -0.25) is 0 Å². The third kappa shape index (κ3) is 2.26. The van der Waals surface area contributed by atoms with E-state index in [-0.39, 0.29) is 0 Å². The van der Waals surface area contributed by atoms with Crippen LogP contribution in [-0.2, 0) is 0 Å². The highest BCUT2D eigenvalue weighted by molar-refractivity contribution is 4.96. The Labute approximate surface area is 76.0 Å². The summed E-state index contributed by atoms with van der Waals surface area (Å²) in [7, 11) is 0. The first-order chi connectivity index (χ1) is 5.61. The molecule has 0 radical (unpaired) electrons. The highest BCUT2D eigenvalue weighted by Crippen LogP contribution is 2.34. The van der Waals surface area contributed by atoms with Gasteiger partial charge >= 0.3 is 0 Å². The highest BCUT2D eigenvalue weighted by Gasteiger charge is 2.23. The van der Waals surface area contributed by atoms with Gasteiger partial charge in [-0.1, -0.05) is 20.4 Å². The van der Waals surface area contributed by atoms with Crippen LogP contribution >= 0.6 is 0 Å². The maximum absolute atomic E-state index is 5.69. The van der Waals surface area contributed by atoms with E-state index in [1.165, 1.54) is 25.7 Å². The Morgan fingerprint density at radius 3 is 2.08 bits per heavy atom. The predicted molar refractivity (Wildman–Crippen MR) is 53.6 cm³/mol. The van der Waals surface area contributed by atoms with Gasteiger partial charge < -0.3 is 5.73 Å². The molecule has 12 heavy (non-hydrogen) atoms. The van der Waals surface area contributed by atoms with Gasteiger partial charge in [-0.25, -0.2) is 0 Å². The van der Waals surface area contributed by atoms with Gasteiger partial charge in [0.2, 0.25) is 0 Å². The van der Waals surface area contributed by atoms with Crippen molar-refractivity contribution in [2.75, 3.05) is 0 Å². The lowest BCUT2D eigenvalue weighted by molar-refractivity contribution is 0.242. The smallest absolute Gasteiger partial charge is 0.00390 e. The summed E-state index contributed by atoms with van der Waals surface area (Å²) in [4.78, 5) is 0. The molecule has 1 fully saturated rings. The van der Waals surface area contributed by atoms with Crippen LogP contribution in [0, 0.1) is 17.8 Å². The van der Waals surface area contributed by atoms with Crippen molar-refractivity contribution in [3.05, 3.63) is 12.3 Å². The van der Waals surface area contributed by atoms with Crippen LogP contribution in [-0.4, -0.2) is 0 Å². The quantitative estimate of drug-likeness (QED) is 0.672. The van der Waals surface area contributed by atoms with E-state index in [0.29, 0.717) is 5.92 Å². The van der Waals surface area contributed by atoms with E-state index in [0.717, 1.165) is 17.5 Å². The highest BCUT2D eigenvalue weighted by atomic mass is 14.6. The first-order valence-electron chi connectivity index (χ1n) is 5.05. The van der Waals surface area contributed by atoms with Gasteiger partial charge in [0.25, 0.3) is 0 Å². The lowest BCUT2D eigenvalue weighted by Gasteiger charge is -2.30. The fourth-order valence-corrected chi connectivity index (χ4v) is 2.16. The molecule has 0 bridgehead atoms. The molecule has 1 heteroatoms. The van der Waals surface area contributed by atoms with Gasteiger partial charge in [0.1, 0.15) is 0 Å². The summed E-state index contributed by atoms with van der Waals surface area (Å²) in [5.74, 6) is 2.39. The predicted octanol–water partition coefficient (Wildman–Crippen LogP) is 2.92. The van der Waals surface area contributed by atoms with Gasteiger partial charge in [-0.2, -0.15) is 0 Å². The number of rotatable bonds is 2. The van der Waals surface area contributed by atoms with Crippen molar-refractivity contribution in [3.8, 4) is 0 Å². The molecule has 0 saturated heterocycles. The molecule has 0 amide bonds. The third-order valence-corrected chi connectivity index (χ3v) is 3.24. The second-order valence-electron chi connectivity index (χ2n) is 4.43. The summed E-state index contributed by atoms with van der Waals surface area (Å²) in [6.45, 7) is 8.47. The van der Waals surface area contributed by atoms with Crippen molar-refractivity contribution in [2.45, 2.75) is 39.5 Å². The van der Waals surface area contributed by atoms with Crippen LogP contribution < -0.4 is 5.73 Å². The van der Waals surface area contributed by atoms with Crippen LogP contribution in [0.5, 0.6) is 0 Å². The number of hydrogen-bond acceptors (Lipinski definition) is 1. The van der Waals surface area contributed by atoms with E-state index in [4.69, 9.17) is 5.73 Å². The van der Waals surface area contributed by atoms with Crippen LogP contribution in [0.1, 0.15) is 39.5 Å². The first kappa shape index (κ1) is 9.63. The Balaban J connectivity index is 2.34. The molecule has 0 aromatic carbocycles. The molecule has 1 aliphatic carbocycles. The van der Waals surface area contributed by atoms with Crippen molar-refractivity contribution in [3.63, 3.8) is 0 Å². The molecule has 0 heterocycles. The molecule has 2 N–H and O–H groups in total. The summed E-state index contributed by atoms with van der Waals surface area (Å²) in [5.41, 5.74) is 6.59. The third-order valence-electron chi connectivity index (χ3n) is 3.24. The zero-order valence-corrected chi connectivity index (χ0v) is 8.34. The molecule has 0 unspecified atom stereocenters. The Morgan fingerprint density at radius 2 is 1.75 bits per heavy atom. The molecule has 70 valence electrons. The molecule has 0 atom stereocenters. The van der Waals surface area contributed by atoms with Crippen molar-refractivity contribution in [2.24, 2.45) is 23.5 Å². The van der Waals surface area contributed by atoms with E-state index in [1.807, 2.05) is 0 Å². The van der Waals surface area contributed by atoms with Crippen LogP contribution in [0.15, 0.2) is 12.3 Å². The molecule has 0 aromatic heterocycles. The van der Waals surface area contributed by atoms with Gasteiger partial charge in [0.15, 0.2) is 0 Å². The van der Waals surface area contributed by atoms with Crippen LogP contribution in [0.2, 0.25) is 0 Å². The lowest BCUT2D eigenvalue weighted by atomic mass is 9.76. The van der Waals surface area contributed by atoms with Crippen LogP contribution in [0.25, 0.3) is 0 Å². The molecule has 1 nitrogen and oxygen atoms in total. The summed E-state index contributed by atoms with van der Waals surface area (Å²) in [6.07, 6.45) is 5.22. The maximum atomic E-state index is 5.69. The number of nitrogens with two attached hydrogens (primary N) is 1. The summed E-state index contributed by atoms with van der Waals surface area (Å²) >= 11 is 0. The minimum atomic E-state index is 0.611. The molecule has 1 saturated carbocycles. The fourth-order valence-electron chi connectivity index (χ4n) is 2.16. The minimum Gasteiger partial charge on any atom is -0.402 e. The average Bonchev–Trinajstić information content (AvgIpc) is 2.04. The molecular weight excluding hydrogens is 146 g/mol. The van der Waals surface area contributed by atoms with Crippen LogP contribution in [0.4, 0.5) is 0 Å². The Kier molecular flexibility index (Phi) is 3.19. The maximum Gasteiger partial charge on any atom is 0.00390 e. The molecule has 0 aliphatic heterocycles. The van der Waals surface area contributed by atoms with E-state index in [2.05, 4.69) is 20.4 Å². The minimum absolute atomic E-state index is 0.611. The molecule has 0 aromatic rings. The SMILES string of the molecule is C=C(N)C1CCC(C(C)C)CC1. The van der Waals surface area contributed by atoms with E-state index >= 15 is 0 Å². The van der Waals surface area contributed by atoms with E-state index in [9.17, 15) is 0 Å². The van der Waals surface area contributed by atoms with Crippen molar-refractivity contribution >= 4 is 0 Å². The van der Waals surface area contributed by atoms with Crippen molar-refractivity contribution < 1.29 is 0 Å². The van der Waals surface area contributed by atoms with Crippen molar-refractivity contribution in [1.29, 1.82) is 0 Å². The topological polar surface area (TPSA) is 26.0 Å². The number of hydrogen-bond donors (Lipinski definition) is 1. The zero-order chi connectivity index (χ0) is 9.14. The van der Waals surface area contributed by atoms with E-state index < -0.39 is 0 Å².